The van der Waals surface area contributed by atoms with Gasteiger partial charge in [-0.05, 0) is 56.0 Å². The van der Waals surface area contributed by atoms with Gasteiger partial charge in [-0.1, -0.05) is 49.8 Å². The molecule has 16 heteroatoms. The number of anilines is 1. The molecule has 2 aromatic carbocycles. The molecule has 3 fully saturated rings. The Morgan fingerprint density at radius 1 is 0.983 bits per heavy atom. The number of aliphatic hydroxyl groups is 4. The first-order chi connectivity index (χ1) is 27.8. The second-order valence-electron chi connectivity index (χ2n) is 15.5. The molecule has 2 aromatic rings. The molecule has 0 spiro atoms. The van der Waals surface area contributed by atoms with Gasteiger partial charge in [0.15, 0.2) is 12.5 Å². The number of nitrogens with two attached hydrogens (primary N) is 1. The summed E-state index contributed by atoms with van der Waals surface area (Å²) in [6, 6.07) is 16.3. The largest absolute Gasteiger partial charge is 0.490 e. The summed E-state index contributed by atoms with van der Waals surface area (Å²) < 4.78 is 24.2. The van der Waals surface area contributed by atoms with Crippen LogP contribution in [0.1, 0.15) is 63.0 Å². The highest BCUT2D eigenvalue weighted by Crippen LogP contribution is 2.36. The van der Waals surface area contributed by atoms with Gasteiger partial charge in [0.1, 0.15) is 54.3 Å². The van der Waals surface area contributed by atoms with E-state index in [-0.39, 0.29) is 30.7 Å². The quantitative estimate of drug-likeness (QED) is 0.113. The molecule has 0 aliphatic carbocycles. The van der Waals surface area contributed by atoms with Crippen molar-refractivity contribution in [2.24, 2.45) is 11.7 Å². The van der Waals surface area contributed by atoms with Crippen molar-refractivity contribution in [3.63, 3.8) is 0 Å². The van der Waals surface area contributed by atoms with E-state index in [1.165, 1.54) is 22.7 Å². The fourth-order valence-electron chi connectivity index (χ4n) is 7.91. The molecule has 1 unspecified atom stereocenters. The molecule has 16 nitrogen and oxygen atoms in total. The Labute approximate surface area is 338 Å². The molecule has 4 heterocycles. The molecule has 4 aliphatic heterocycles. The lowest BCUT2D eigenvalue weighted by Crippen LogP contribution is -2.50. The molecule has 3 saturated heterocycles. The summed E-state index contributed by atoms with van der Waals surface area (Å²) in [6.45, 7) is 9.72. The molecule has 0 saturated carbocycles. The number of nitrogens with zero attached hydrogens (tertiary/aromatic N) is 2. The number of hydrogen-bond donors (Lipinski definition) is 7. The van der Waals surface area contributed by atoms with E-state index in [0.717, 1.165) is 42.9 Å². The van der Waals surface area contributed by atoms with E-state index < -0.39 is 73.0 Å². The smallest absolute Gasteiger partial charge is 0.250 e. The van der Waals surface area contributed by atoms with Crippen LogP contribution in [-0.2, 0) is 35.1 Å². The van der Waals surface area contributed by atoms with Crippen LogP contribution in [0.4, 0.5) is 5.69 Å². The second-order valence-corrected chi connectivity index (χ2v) is 15.5. The average Bonchev–Trinajstić information content (AvgIpc) is 3.66. The highest BCUT2D eigenvalue weighted by molar-refractivity contribution is 5.89. The molecule has 10 atom stereocenters. The average molecular weight is 808 g/mol. The maximum absolute atomic E-state index is 13.0. The van der Waals surface area contributed by atoms with E-state index in [1.807, 2.05) is 24.3 Å². The zero-order valence-corrected chi connectivity index (χ0v) is 33.0. The number of nitrogens with one attached hydrogen (secondary N) is 2. The third kappa shape index (κ3) is 10.4. The van der Waals surface area contributed by atoms with Crippen LogP contribution in [0.5, 0.6) is 5.75 Å². The van der Waals surface area contributed by atoms with Crippen molar-refractivity contribution >= 4 is 23.4 Å². The van der Waals surface area contributed by atoms with Crippen molar-refractivity contribution in [3.05, 3.63) is 84.3 Å². The van der Waals surface area contributed by atoms with Gasteiger partial charge in [-0.2, -0.15) is 0 Å². The minimum Gasteiger partial charge on any atom is -0.490 e. The van der Waals surface area contributed by atoms with E-state index in [2.05, 4.69) is 53.3 Å². The summed E-state index contributed by atoms with van der Waals surface area (Å²) in [5.74, 6) is -1.56. The summed E-state index contributed by atoms with van der Waals surface area (Å²) in [4.78, 5) is 41.3. The van der Waals surface area contributed by atoms with Crippen LogP contribution in [-0.4, -0.2) is 117 Å². The first-order valence-electron chi connectivity index (χ1n) is 20.1. The molecule has 0 radical (unpaired) electrons. The monoisotopic (exact) mass is 807 g/mol. The van der Waals surface area contributed by atoms with Crippen LogP contribution in [0.3, 0.4) is 0 Å². The Bertz CT molecular complexity index is 1750. The lowest BCUT2D eigenvalue weighted by atomic mass is 9.88. The Balaban J connectivity index is 1.00. The maximum atomic E-state index is 13.0. The zero-order valence-electron chi connectivity index (χ0n) is 33.0. The number of carbonyl (C=O) groups is 3. The number of unbranched alkanes of at least 4 members (excludes halogenated alkanes) is 1. The van der Waals surface area contributed by atoms with Gasteiger partial charge < -0.3 is 65.5 Å². The summed E-state index contributed by atoms with van der Waals surface area (Å²) in [7, 11) is 0. The highest BCUT2D eigenvalue weighted by Gasteiger charge is 2.54. The number of aryl methyl sites for hydroxylation is 1. The third-order valence-electron chi connectivity index (χ3n) is 11.3. The van der Waals surface area contributed by atoms with Gasteiger partial charge in [0, 0.05) is 56.9 Å². The number of benzene rings is 2. The third-order valence-corrected chi connectivity index (χ3v) is 11.3. The lowest BCUT2D eigenvalue weighted by Gasteiger charge is -2.35. The lowest BCUT2D eigenvalue weighted by molar-refractivity contribution is -0.233. The van der Waals surface area contributed by atoms with Gasteiger partial charge in [0.25, 0.3) is 5.91 Å². The maximum Gasteiger partial charge on any atom is 0.250 e. The van der Waals surface area contributed by atoms with Gasteiger partial charge in [0.2, 0.25) is 11.8 Å². The highest BCUT2D eigenvalue weighted by atomic mass is 16.7. The number of rotatable bonds is 17. The summed E-state index contributed by atoms with van der Waals surface area (Å²) in [6.07, 6.45) is -6.11. The molecule has 58 heavy (non-hydrogen) atoms. The van der Waals surface area contributed by atoms with Crippen molar-refractivity contribution in [1.29, 1.82) is 0 Å². The predicted octanol–water partition coefficient (Wildman–Crippen LogP) is 1.43. The van der Waals surface area contributed by atoms with Crippen molar-refractivity contribution in [2.75, 3.05) is 18.0 Å². The van der Waals surface area contributed by atoms with E-state index >= 15 is 0 Å². The van der Waals surface area contributed by atoms with Crippen LogP contribution in [0, 0.1) is 12.8 Å². The number of primary amides is 1. The first kappa shape index (κ1) is 43.0. The summed E-state index contributed by atoms with van der Waals surface area (Å²) >= 11 is 0. The minimum atomic E-state index is -1.61. The summed E-state index contributed by atoms with van der Waals surface area (Å²) in [5.41, 5.74) is 9.18. The Morgan fingerprint density at radius 3 is 2.33 bits per heavy atom. The molecule has 0 bridgehead atoms. The van der Waals surface area contributed by atoms with Crippen LogP contribution in [0.15, 0.2) is 73.2 Å². The Kier molecular flexibility index (Phi) is 14.4. The van der Waals surface area contributed by atoms with E-state index in [0.29, 0.717) is 25.8 Å². The number of hydrogen-bond acceptors (Lipinski definition) is 13. The second kappa shape index (κ2) is 19.5. The summed E-state index contributed by atoms with van der Waals surface area (Å²) in [5, 5.41) is 49.0. The van der Waals surface area contributed by atoms with Crippen LogP contribution in [0.2, 0.25) is 0 Å². The fourth-order valence-corrected chi connectivity index (χ4v) is 7.91. The minimum absolute atomic E-state index is 0.0865. The molecular weight excluding hydrogens is 750 g/mol. The molecule has 316 valence electrons. The van der Waals surface area contributed by atoms with Gasteiger partial charge in [-0.3, -0.25) is 14.4 Å². The molecule has 8 N–H and O–H groups in total. The molecular formula is C42H57N5O11. The van der Waals surface area contributed by atoms with Crippen LogP contribution in [0.25, 0.3) is 0 Å². The first-order valence-corrected chi connectivity index (χ1v) is 20.1. The van der Waals surface area contributed by atoms with Gasteiger partial charge >= 0.3 is 0 Å². The zero-order chi connectivity index (χ0) is 41.5. The number of ether oxygens (including phenoxy) is 4. The Hall–Kier alpha value is -4.55. The molecule has 4 aliphatic rings. The predicted molar refractivity (Wildman–Crippen MR) is 211 cm³/mol. The number of carbonyl (C=O) groups excluding carboxylic acids is 3. The van der Waals surface area contributed by atoms with Gasteiger partial charge in [-0.15, -0.1) is 0 Å². The van der Waals surface area contributed by atoms with Crippen molar-refractivity contribution in [3.8, 4) is 5.75 Å². The van der Waals surface area contributed by atoms with E-state index in [4.69, 9.17) is 24.7 Å². The SMILES string of the molecule is C=C1NC(=O)C=CN1[C@@H]1O[C@H]([C@@H](O[C@@H]2O[C@H](CC)[C@@H](O)[C@H]2O)[C@H](CCCCC(=O)NCc2ccc(N3CCC(Oc4ccc(C)cc4)CC3)cc2)C(N)=O)C(O)[C@H]1O. The molecule has 6 rings (SSSR count). The molecule has 3 amide bonds. The van der Waals surface area contributed by atoms with E-state index in [9.17, 15) is 34.8 Å². The standard InChI is InChI=1S/C42H57N5O11/c1-4-31-34(50)37(53)42(56-31)58-38(39-35(51)36(52)41(57-39)47-22-19-33(49)45-25(47)3)30(40(43)54)7-5-6-8-32(48)44-23-26-11-13-27(14-12-26)46-20-17-29(18-21-46)55-28-15-9-24(2)10-16-28/h9-16,19,22,29-31,34-39,41-42,50-53H,3-8,17-18,20-21,23H2,1-2H3,(H2,43,54)(H,44,48)(H,45,49)/t30-,31+,34+,35?,36+,37+,38-,39-,41+,42-/m0/s1. The number of piperidine rings is 1. The van der Waals surface area contributed by atoms with Crippen molar-refractivity contribution in [2.45, 2.75) is 127 Å². The van der Waals surface area contributed by atoms with Gasteiger partial charge in [0.05, 0.1) is 12.0 Å². The van der Waals surface area contributed by atoms with Crippen LogP contribution < -0.4 is 26.0 Å². The Morgan fingerprint density at radius 2 is 1.69 bits per heavy atom. The normalized spacial score (nSPS) is 28.7. The number of aliphatic hydroxyl groups excluding tert-OH is 4. The number of amides is 3. The van der Waals surface area contributed by atoms with E-state index in [1.54, 1.807) is 6.92 Å². The topological polar surface area (TPSA) is 226 Å². The van der Waals surface area contributed by atoms with Crippen LogP contribution >= 0.6 is 0 Å². The van der Waals surface area contributed by atoms with Crippen molar-refractivity contribution < 1.29 is 53.8 Å². The van der Waals surface area contributed by atoms with Crippen molar-refractivity contribution in [1.82, 2.24) is 15.5 Å². The fraction of sp³-hybridized carbons (Fsp3) is 0.548. The molecule has 0 aromatic heterocycles. The van der Waals surface area contributed by atoms with Gasteiger partial charge in [-0.25, -0.2) is 0 Å².